The Hall–Kier alpha value is -0.830. The fraction of sp³-hybridized carbons (Fsp3) is 0.700. The highest BCUT2D eigenvalue weighted by molar-refractivity contribution is 5.02. The molecule has 72 valence electrons. The molecule has 1 aliphatic rings. The summed E-state index contributed by atoms with van der Waals surface area (Å²) in [5.41, 5.74) is 1.26. The topological polar surface area (TPSA) is 29.9 Å². The van der Waals surface area contributed by atoms with Gasteiger partial charge in [-0.25, -0.2) is 0 Å². The predicted octanol–water partition coefficient (Wildman–Crippen LogP) is 1.36. The molecule has 1 heterocycles. The highest BCUT2D eigenvalue weighted by Crippen LogP contribution is 2.37. The molecule has 2 atom stereocenters. The first-order valence-corrected chi connectivity index (χ1v) is 4.96. The smallest absolute Gasteiger partial charge is 0.0559 e. The third kappa shape index (κ3) is 1.61. The van der Waals surface area contributed by atoms with Gasteiger partial charge >= 0.3 is 0 Å². The minimum Gasteiger partial charge on any atom is -0.319 e. The summed E-state index contributed by atoms with van der Waals surface area (Å²) in [6, 6.07) is 0.640. The Bertz CT molecular complexity index is 279. The van der Waals surface area contributed by atoms with Crippen LogP contribution in [-0.4, -0.2) is 23.4 Å². The van der Waals surface area contributed by atoms with Crippen LogP contribution in [0.15, 0.2) is 12.4 Å². The second-order valence-corrected chi connectivity index (χ2v) is 3.96. The zero-order valence-corrected chi connectivity index (χ0v) is 8.33. The van der Waals surface area contributed by atoms with Crippen molar-refractivity contribution in [2.75, 3.05) is 13.6 Å². The summed E-state index contributed by atoms with van der Waals surface area (Å²) in [5, 5.41) is 7.59. The molecule has 1 fully saturated rings. The molecule has 1 aromatic rings. The minimum absolute atomic E-state index is 0.640. The normalized spacial score (nSPS) is 27.2. The summed E-state index contributed by atoms with van der Waals surface area (Å²) < 4.78 is 2.13. The van der Waals surface area contributed by atoms with E-state index in [1.807, 2.05) is 13.2 Å². The Morgan fingerprint density at radius 2 is 2.46 bits per heavy atom. The molecular formula is C10H17N3. The number of nitrogens with zero attached hydrogens (tertiary/aromatic N) is 2. The van der Waals surface area contributed by atoms with E-state index in [0.29, 0.717) is 6.04 Å². The number of nitrogens with one attached hydrogen (secondary N) is 1. The van der Waals surface area contributed by atoms with E-state index in [0.717, 1.165) is 12.5 Å². The van der Waals surface area contributed by atoms with Crippen molar-refractivity contribution < 1.29 is 0 Å². The average Bonchev–Trinajstić information content (AvgIpc) is 2.45. The summed E-state index contributed by atoms with van der Waals surface area (Å²) >= 11 is 0. The van der Waals surface area contributed by atoms with Crippen molar-refractivity contribution in [2.24, 2.45) is 5.92 Å². The molecule has 0 spiro atoms. The predicted molar refractivity (Wildman–Crippen MR) is 52.7 cm³/mol. The van der Waals surface area contributed by atoms with Crippen LogP contribution in [0, 0.1) is 12.8 Å². The highest BCUT2D eigenvalue weighted by atomic mass is 15.3. The van der Waals surface area contributed by atoms with Crippen molar-refractivity contribution >= 4 is 0 Å². The van der Waals surface area contributed by atoms with Gasteiger partial charge in [0.2, 0.25) is 0 Å². The van der Waals surface area contributed by atoms with Crippen LogP contribution in [0.2, 0.25) is 0 Å². The zero-order valence-electron chi connectivity index (χ0n) is 8.33. The maximum atomic E-state index is 4.36. The van der Waals surface area contributed by atoms with Gasteiger partial charge in [-0.1, -0.05) is 0 Å². The Labute approximate surface area is 79.1 Å². The van der Waals surface area contributed by atoms with Gasteiger partial charge in [-0.2, -0.15) is 5.10 Å². The van der Waals surface area contributed by atoms with Gasteiger partial charge in [-0.05, 0) is 44.8 Å². The fourth-order valence-electron chi connectivity index (χ4n) is 2.01. The number of rotatable bonds is 3. The summed E-state index contributed by atoms with van der Waals surface area (Å²) in [5.74, 6) is 0.782. The maximum Gasteiger partial charge on any atom is 0.0559 e. The summed E-state index contributed by atoms with van der Waals surface area (Å²) in [4.78, 5) is 0. The van der Waals surface area contributed by atoms with E-state index in [9.17, 15) is 0 Å². The molecule has 13 heavy (non-hydrogen) atoms. The molecule has 3 heteroatoms. The van der Waals surface area contributed by atoms with Gasteiger partial charge in [-0.3, -0.25) is 4.68 Å². The van der Waals surface area contributed by atoms with E-state index < -0.39 is 0 Å². The van der Waals surface area contributed by atoms with Crippen LogP contribution in [0.4, 0.5) is 0 Å². The first-order chi connectivity index (χ1) is 6.31. The van der Waals surface area contributed by atoms with Crippen molar-refractivity contribution in [3.63, 3.8) is 0 Å². The van der Waals surface area contributed by atoms with Crippen LogP contribution in [-0.2, 0) is 0 Å². The lowest BCUT2D eigenvalue weighted by atomic mass is 9.79. The van der Waals surface area contributed by atoms with Crippen LogP contribution in [0.1, 0.15) is 24.4 Å². The molecule has 0 aromatic carbocycles. The molecule has 2 unspecified atom stereocenters. The third-order valence-electron chi connectivity index (χ3n) is 2.91. The van der Waals surface area contributed by atoms with Crippen LogP contribution in [0.25, 0.3) is 0 Å². The van der Waals surface area contributed by atoms with Gasteiger partial charge in [0.25, 0.3) is 0 Å². The van der Waals surface area contributed by atoms with E-state index in [-0.39, 0.29) is 0 Å². The van der Waals surface area contributed by atoms with Crippen molar-refractivity contribution in [1.82, 2.24) is 15.1 Å². The molecule has 0 amide bonds. The number of aromatic nitrogens is 2. The lowest BCUT2D eigenvalue weighted by Gasteiger charge is -2.36. The second-order valence-electron chi connectivity index (χ2n) is 3.96. The van der Waals surface area contributed by atoms with Gasteiger partial charge in [0.05, 0.1) is 12.2 Å². The highest BCUT2D eigenvalue weighted by Gasteiger charge is 2.31. The Morgan fingerprint density at radius 1 is 1.62 bits per heavy atom. The molecule has 1 aromatic heterocycles. The van der Waals surface area contributed by atoms with Crippen LogP contribution >= 0.6 is 0 Å². The first-order valence-electron chi connectivity index (χ1n) is 4.96. The van der Waals surface area contributed by atoms with Gasteiger partial charge in [0.1, 0.15) is 0 Å². The van der Waals surface area contributed by atoms with Gasteiger partial charge in [-0.15, -0.1) is 0 Å². The fourth-order valence-corrected chi connectivity index (χ4v) is 2.01. The SMILES string of the molecule is CNCC1CCC1n1cc(C)cn1. The zero-order chi connectivity index (χ0) is 9.26. The van der Waals surface area contributed by atoms with Crippen molar-refractivity contribution in [1.29, 1.82) is 0 Å². The van der Waals surface area contributed by atoms with Gasteiger partial charge < -0.3 is 5.32 Å². The van der Waals surface area contributed by atoms with Crippen LogP contribution in [0.5, 0.6) is 0 Å². The molecule has 1 saturated carbocycles. The number of hydrogen-bond acceptors (Lipinski definition) is 2. The van der Waals surface area contributed by atoms with E-state index in [4.69, 9.17) is 0 Å². The monoisotopic (exact) mass is 179 g/mol. The van der Waals surface area contributed by atoms with Crippen molar-refractivity contribution in [3.05, 3.63) is 18.0 Å². The van der Waals surface area contributed by atoms with Crippen LogP contribution < -0.4 is 5.32 Å². The molecule has 0 saturated heterocycles. The molecule has 0 radical (unpaired) electrons. The lowest BCUT2D eigenvalue weighted by Crippen LogP contribution is -2.35. The van der Waals surface area contributed by atoms with Gasteiger partial charge in [0.15, 0.2) is 0 Å². The van der Waals surface area contributed by atoms with Crippen LogP contribution in [0.3, 0.4) is 0 Å². The molecule has 1 aliphatic carbocycles. The van der Waals surface area contributed by atoms with Crippen molar-refractivity contribution in [2.45, 2.75) is 25.8 Å². The molecule has 2 rings (SSSR count). The average molecular weight is 179 g/mol. The molecule has 0 aliphatic heterocycles. The summed E-state index contributed by atoms with van der Waals surface area (Å²) in [7, 11) is 2.02. The second kappa shape index (κ2) is 3.50. The third-order valence-corrected chi connectivity index (χ3v) is 2.91. The Balaban J connectivity index is 2.01. The summed E-state index contributed by atoms with van der Waals surface area (Å²) in [6.45, 7) is 3.21. The number of aryl methyl sites for hydroxylation is 1. The molecular weight excluding hydrogens is 162 g/mol. The van der Waals surface area contributed by atoms with E-state index >= 15 is 0 Å². The minimum atomic E-state index is 0.640. The largest absolute Gasteiger partial charge is 0.319 e. The quantitative estimate of drug-likeness (QED) is 0.759. The Morgan fingerprint density at radius 3 is 2.92 bits per heavy atom. The van der Waals surface area contributed by atoms with Gasteiger partial charge in [0, 0.05) is 6.20 Å². The molecule has 0 bridgehead atoms. The summed E-state index contributed by atoms with van der Waals surface area (Å²) in [6.07, 6.45) is 6.71. The van der Waals surface area contributed by atoms with E-state index in [1.54, 1.807) is 0 Å². The maximum absolute atomic E-state index is 4.36. The standard InChI is InChI=1S/C10H17N3/c1-8-5-12-13(7-8)10-4-3-9(10)6-11-2/h5,7,9-11H,3-4,6H2,1-2H3. The molecule has 1 N–H and O–H groups in total. The molecule has 3 nitrogen and oxygen atoms in total. The van der Waals surface area contributed by atoms with E-state index in [2.05, 4.69) is 28.2 Å². The number of hydrogen-bond donors (Lipinski definition) is 1. The van der Waals surface area contributed by atoms with Crippen molar-refractivity contribution in [3.8, 4) is 0 Å². The Kier molecular flexibility index (Phi) is 2.36. The first kappa shape index (κ1) is 8.75. The van der Waals surface area contributed by atoms with E-state index in [1.165, 1.54) is 18.4 Å². The lowest BCUT2D eigenvalue weighted by molar-refractivity contribution is 0.166.